The summed E-state index contributed by atoms with van der Waals surface area (Å²) in [6.07, 6.45) is 1.60. The first kappa shape index (κ1) is 44.6. The Balaban J connectivity index is 1.15. The molecule has 2 aromatic heterocycles. The lowest BCUT2D eigenvalue weighted by atomic mass is 9.94. The van der Waals surface area contributed by atoms with Gasteiger partial charge < -0.3 is 26.3 Å². The third-order valence-electron chi connectivity index (χ3n) is 14.9. The Hall–Kier alpha value is -8.92. The molecule has 3 heterocycles. The first-order valence-corrected chi connectivity index (χ1v) is 28.2. The molecular weight excluding hydrogens is 975 g/mol. The van der Waals surface area contributed by atoms with Crippen LogP contribution in [-0.4, -0.2) is 13.2 Å². The van der Waals surface area contributed by atoms with Gasteiger partial charge in [0.1, 0.15) is 33.8 Å². The minimum absolute atomic E-state index is 0.482. The Morgan fingerprint density at radius 3 is 0.908 bits per heavy atom. The van der Waals surface area contributed by atoms with Crippen LogP contribution in [0.3, 0.4) is 0 Å². The largest absolute Gasteiger partial charge is 0.493 e. The summed E-state index contributed by atoms with van der Waals surface area (Å²) >= 11 is 0. The Morgan fingerprint density at radius 1 is 0.276 bits per heavy atom. The summed E-state index contributed by atoms with van der Waals surface area (Å²) in [6, 6.07) is 80.9. The van der Waals surface area contributed by atoms with Gasteiger partial charge in [-0.25, -0.2) is 0 Å². The molecule has 76 heavy (non-hydrogen) atoms. The Bertz CT molecular complexity index is 4220. The van der Waals surface area contributed by atoms with Crippen molar-refractivity contribution in [2.45, 2.75) is 12.8 Å². The van der Waals surface area contributed by atoms with Crippen LogP contribution in [0.25, 0.3) is 131 Å². The van der Waals surface area contributed by atoms with Gasteiger partial charge >= 0.3 is 0 Å². The maximum Gasteiger partial charge on any atom is 0.254 e. The van der Waals surface area contributed by atoms with Crippen molar-refractivity contribution >= 4 is 103 Å². The lowest BCUT2D eigenvalue weighted by Gasteiger charge is -2.24. The number of rotatable bonds is 4. The molecule has 0 bridgehead atoms. The predicted octanol–water partition coefficient (Wildman–Crippen LogP) is 21.0. The van der Waals surface area contributed by atoms with Crippen molar-refractivity contribution < 1.29 is 26.3 Å². The number of benzene rings is 12. The van der Waals surface area contributed by atoms with Crippen molar-refractivity contribution in [1.29, 1.82) is 0 Å². The fourth-order valence-corrected chi connectivity index (χ4v) is 14.8. The zero-order valence-corrected chi connectivity index (χ0v) is 42.9. The average molecular weight is 1020 g/mol. The highest BCUT2D eigenvalue weighted by Gasteiger charge is 2.32. The fraction of sp³-hybridized carbons (Fsp3) is 0.0588. The smallest absolute Gasteiger partial charge is 0.254 e. The maximum atomic E-state index is 7.64. The number of ether oxygens (including phenoxy) is 2. The van der Waals surface area contributed by atoms with Crippen molar-refractivity contribution in [2.24, 2.45) is 0 Å². The molecule has 0 aliphatic carbocycles. The SMILES string of the molecule is c1ccc(-c2ccc3c(c2-p2oc4ccc5ccccc5c4c4c(ccc5ccccc54)o2)-c2c(ccc(-c4ccccc4)c2-p2oc4ccc5ccccc5c4c4c(ccc5ccccc54)o2)OCCCCO3)cc1. The molecule has 0 saturated carbocycles. The lowest BCUT2D eigenvalue weighted by molar-refractivity contribution is 0.264. The summed E-state index contributed by atoms with van der Waals surface area (Å²) in [6.45, 7) is 0.963. The zero-order chi connectivity index (χ0) is 50.1. The number of hydrogen-bond donors (Lipinski definition) is 0. The van der Waals surface area contributed by atoms with E-state index in [9.17, 15) is 0 Å². The van der Waals surface area contributed by atoms with Crippen molar-refractivity contribution in [3.05, 3.63) is 231 Å². The highest BCUT2D eigenvalue weighted by atomic mass is 31.1. The van der Waals surface area contributed by atoms with Gasteiger partial charge in [0.25, 0.3) is 16.0 Å². The summed E-state index contributed by atoms with van der Waals surface area (Å²) in [5, 5.41) is 14.5. The van der Waals surface area contributed by atoms with Crippen LogP contribution >= 0.6 is 16.0 Å². The quantitative estimate of drug-likeness (QED) is 0.175. The molecule has 364 valence electrons. The Labute approximate surface area is 439 Å². The van der Waals surface area contributed by atoms with Gasteiger partial charge in [-0.1, -0.05) is 182 Å². The van der Waals surface area contributed by atoms with Gasteiger partial charge in [-0.15, -0.1) is 0 Å². The molecule has 0 amide bonds. The molecule has 1 aliphatic rings. The molecule has 0 spiro atoms. The van der Waals surface area contributed by atoms with Crippen LogP contribution < -0.4 is 9.47 Å². The third-order valence-corrected chi connectivity index (χ3v) is 18.0. The van der Waals surface area contributed by atoms with Gasteiger partial charge in [-0.2, -0.15) is 0 Å². The molecular formula is C68H46O6P2. The van der Waals surface area contributed by atoms with Crippen LogP contribution in [-0.2, 0) is 0 Å². The molecule has 0 atom stereocenters. The summed E-state index contributed by atoms with van der Waals surface area (Å²) in [4.78, 5) is 0. The van der Waals surface area contributed by atoms with E-state index in [2.05, 4.69) is 231 Å². The van der Waals surface area contributed by atoms with Gasteiger partial charge in [0.05, 0.1) is 23.8 Å². The highest BCUT2D eigenvalue weighted by molar-refractivity contribution is 7.47. The van der Waals surface area contributed by atoms with E-state index in [0.717, 1.165) is 144 Å². The van der Waals surface area contributed by atoms with Gasteiger partial charge in [0.15, 0.2) is 0 Å². The fourth-order valence-electron chi connectivity index (χ4n) is 11.4. The molecule has 12 aromatic carbocycles. The molecule has 8 heteroatoms. The van der Waals surface area contributed by atoms with Crippen molar-refractivity contribution in [2.75, 3.05) is 13.2 Å². The topological polar surface area (TPSA) is 71.0 Å². The van der Waals surface area contributed by atoms with Crippen molar-refractivity contribution in [3.63, 3.8) is 0 Å². The van der Waals surface area contributed by atoms with E-state index in [1.807, 2.05) is 0 Å². The van der Waals surface area contributed by atoms with Gasteiger partial charge in [0.2, 0.25) is 0 Å². The first-order chi connectivity index (χ1) is 37.7. The molecule has 1 aliphatic heterocycles. The second kappa shape index (κ2) is 18.5. The van der Waals surface area contributed by atoms with Crippen LogP contribution in [0.5, 0.6) is 11.5 Å². The Morgan fingerprint density at radius 2 is 0.579 bits per heavy atom. The number of hydrogen-bond acceptors (Lipinski definition) is 6. The van der Waals surface area contributed by atoms with Crippen LogP contribution in [0, 0.1) is 0 Å². The summed E-state index contributed by atoms with van der Waals surface area (Å²) in [5.41, 5.74) is 8.46. The summed E-state index contributed by atoms with van der Waals surface area (Å²) in [7, 11) is -4.06. The van der Waals surface area contributed by atoms with Crippen LogP contribution in [0.1, 0.15) is 12.8 Å². The van der Waals surface area contributed by atoms with E-state index in [1.54, 1.807) is 0 Å². The minimum atomic E-state index is -2.03. The minimum Gasteiger partial charge on any atom is -0.493 e. The van der Waals surface area contributed by atoms with Crippen LogP contribution in [0.15, 0.2) is 247 Å². The lowest BCUT2D eigenvalue weighted by Crippen LogP contribution is -2.07. The van der Waals surface area contributed by atoms with Crippen molar-refractivity contribution in [3.8, 4) is 55.5 Å². The molecule has 0 saturated heterocycles. The third kappa shape index (κ3) is 7.40. The van der Waals surface area contributed by atoms with Gasteiger partial charge in [0, 0.05) is 43.8 Å². The molecule has 6 nitrogen and oxygen atoms in total. The molecule has 0 radical (unpaired) electrons. The molecule has 0 unspecified atom stereocenters. The molecule has 0 fully saturated rings. The molecule has 15 rings (SSSR count). The maximum absolute atomic E-state index is 7.64. The molecule has 0 N–H and O–H groups in total. The predicted molar refractivity (Wildman–Crippen MR) is 315 cm³/mol. The number of fused-ring (bicyclic) bond motifs is 17. The summed E-state index contributed by atoms with van der Waals surface area (Å²) in [5.74, 6) is 1.37. The van der Waals surface area contributed by atoms with Crippen LogP contribution in [0.4, 0.5) is 0 Å². The summed E-state index contributed by atoms with van der Waals surface area (Å²) < 4.78 is 44.8. The van der Waals surface area contributed by atoms with E-state index in [0.29, 0.717) is 24.7 Å². The normalized spacial score (nSPS) is 12.7. The van der Waals surface area contributed by atoms with Gasteiger partial charge in [-0.05, 0) is 116 Å². The van der Waals surface area contributed by atoms with E-state index in [4.69, 9.17) is 26.3 Å². The van der Waals surface area contributed by atoms with E-state index >= 15 is 0 Å². The Kier molecular flexibility index (Phi) is 10.8. The van der Waals surface area contributed by atoms with E-state index < -0.39 is 16.0 Å². The second-order valence-corrected chi connectivity index (χ2v) is 22.0. The zero-order valence-electron chi connectivity index (χ0n) is 41.1. The van der Waals surface area contributed by atoms with E-state index in [1.165, 1.54) is 0 Å². The van der Waals surface area contributed by atoms with E-state index in [-0.39, 0.29) is 0 Å². The van der Waals surface area contributed by atoms with Gasteiger partial charge in [-0.3, -0.25) is 0 Å². The standard InChI is InChI=1S/C68H46O6P2/c1-3-17-43(18-4-1)53-33-39-55-65(67(53)75-71-57-35-29-45-21-7-11-25-49(45)61(57)62-50-26-12-8-22-46(50)30-36-58(62)72-75)66-56(70-42-16-15-41-69-55)40-34-54(44-19-5-2-6-20-44)68(66)76-73-59-37-31-47-23-9-13-27-51(47)63(59)64-52-28-14-10-24-48(52)32-38-60(64)74-76/h1-14,17-40H,15-16,41-42H2. The first-order valence-electron chi connectivity index (χ1n) is 25.8. The monoisotopic (exact) mass is 1020 g/mol. The highest BCUT2D eigenvalue weighted by Crippen LogP contribution is 2.62. The van der Waals surface area contributed by atoms with Crippen molar-refractivity contribution in [1.82, 2.24) is 0 Å². The van der Waals surface area contributed by atoms with Crippen LogP contribution in [0.2, 0.25) is 0 Å². The molecule has 14 aromatic rings. The average Bonchev–Trinajstić information content (AvgIpc) is 3.81. The second-order valence-electron chi connectivity index (χ2n) is 19.3.